The van der Waals surface area contributed by atoms with E-state index in [2.05, 4.69) is 6.07 Å². The zero-order chi connectivity index (χ0) is 20.8. The first kappa shape index (κ1) is 20.5. The maximum absolute atomic E-state index is 12.3. The molecule has 2 aromatic rings. The lowest BCUT2D eigenvalue weighted by molar-refractivity contribution is -0.147. The summed E-state index contributed by atoms with van der Waals surface area (Å²) in [5, 5.41) is 0. The lowest BCUT2D eigenvalue weighted by Gasteiger charge is -2.18. The number of ether oxygens (including phenoxy) is 3. The maximum Gasteiger partial charge on any atom is 0.331 e. The van der Waals surface area contributed by atoms with E-state index in [1.54, 1.807) is 30.2 Å². The molecule has 0 atom stereocenters. The monoisotopic (exact) mass is 395 g/mol. The Bertz CT molecular complexity index is 935. The van der Waals surface area contributed by atoms with Crippen LogP contribution in [-0.4, -0.2) is 43.6 Å². The molecule has 0 radical (unpaired) electrons. The molecule has 0 spiro atoms. The predicted octanol–water partition coefficient (Wildman–Crippen LogP) is 3.29. The molecule has 0 fully saturated rings. The van der Waals surface area contributed by atoms with Gasteiger partial charge in [0.25, 0.3) is 5.91 Å². The average molecular weight is 395 g/mol. The van der Waals surface area contributed by atoms with Crippen LogP contribution in [0.5, 0.6) is 11.5 Å². The summed E-state index contributed by atoms with van der Waals surface area (Å²) in [6.45, 7) is 5.24. The van der Waals surface area contributed by atoms with Crippen molar-refractivity contribution in [2.45, 2.75) is 20.4 Å². The summed E-state index contributed by atoms with van der Waals surface area (Å²) in [7, 11) is 1.69. The number of hydrogen-bond donors (Lipinski definition) is 0. The second-order valence-electron chi connectivity index (χ2n) is 7.02. The molecule has 152 valence electrons. The normalized spacial score (nSPS) is 12.7. The van der Waals surface area contributed by atoms with Crippen LogP contribution in [-0.2, 0) is 20.9 Å². The number of esters is 1. The van der Waals surface area contributed by atoms with Gasteiger partial charge in [-0.2, -0.15) is 0 Å². The Morgan fingerprint density at radius 1 is 1.07 bits per heavy atom. The minimum Gasteiger partial charge on any atom is -0.486 e. The van der Waals surface area contributed by atoms with Crippen molar-refractivity contribution in [3.63, 3.8) is 0 Å². The van der Waals surface area contributed by atoms with Crippen molar-refractivity contribution in [3.05, 3.63) is 64.7 Å². The van der Waals surface area contributed by atoms with Crippen LogP contribution in [0.15, 0.2) is 42.5 Å². The highest BCUT2D eigenvalue weighted by molar-refractivity contribution is 5.89. The number of benzene rings is 2. The zero-order valence-electron chi connectivity index (χ0n) is 16.9. The average Bonchev–Trinajstić information content (AvgIpc) is 2.72. The molecular formula is C23H25NO5. The standard InChI is InChI=1S/C23H25NO5/c1-16-4-7-19(17(2)12-16)14-24(3)22(25)15-29-23(26)9-6-18-5-8-20-21(13-18)28-11-10-27-20/h4-9,12-13H,10-11,14-15H2,1-3H3/b9-6+. The van der Waals surface area contributed by atoms with E-state index in [-0.39, 0.29) is 12.5 Å². The molecule has 0 unspecified atom stereocenters. The summed E-state index contributed by atoms with van der Waals surface area (Å²) in [4.78, 5) is 25.8. The summed E-state index contributed by atoms with van der Waals surface area (Å²) in [5.74, 6) is 0.502. The summed E-state index contributed by atoms with van der Waals surface area (Å²) in [6, 6.07) is 11.5. The van der Waals surface area contributed by atoms with Gasteiger partial charge in [0.15, 0.2) is 18.1 Å². The van der Waals surface area contributed by atoms with Crippen molar-refractivity contribution in [3.8, 4) is 11.5 Å². The molecule has 1 heterocycles. The van der Waals surface area contributed by atoms with E-state index in [0.717, 1.165) is 16.7 Å². The van der Waals surface area contributed by atoms with Gasteiger partial charge in [-0.3, -0.25) is 4.79 Å². The Hall–Kier alpha value is -3.28. The van der Waals surface area contributed by atoms with E-state index in [1.807, 2.05) is 32.0 Å². The number of rotatable bonds is 6. The van der Waals surface area contributed by atoms with Gasteiger partial charge in [-0.15, -0.1) is 0 Å². The second-order valence-corrected chi connectivity index (χ2v) is 7.02. The summed E-state index contributed by atoms with van der Waals surface area (Å²) >= 11 is 0. The third-order valence-corrected chi connectivity index (χ3v) is 4.65. The van der Waals surface area contributed by atoms with Crippen LogP contribution >= 0.6 is 0 Å². The Morgan fingerprint density at radius 3 is 2.59 bits per heavy atom. The molecule has 0 saturated heterocycles. The van der Waals surface area contributed by atoms with Crippen LogP contribution in [0.4, 0.5) is 0 Å². The van der Waals surface area contributed by atoms with Crippen molar-refractivity contribution in [1.29, 1.82) is 0 Å². The Kier molecular flexibility index (Phi) is 6.54. The first-order chi connectivity index (χ1) is 13.9. The van der Waals surface area contributed by atoms with Gasteiger partial charge >= 0.3 is 5.97 Å². The molecule has 3 rings (SSSR count). The number of aryl methyl sites for hydroxylation is 2. The molecule has 1 aliphatic rings. The fourth-order valence-corrected chi connectivity index (χ4v) is 2.99. The van der Waals surface area contributed by atoms with Gasteiger partial charge in [0, 0.05) is 19.7 Å². The van der Waals surface area contributed by atoms with Gasteiger partial charge in [0.05, 0.1) is 0 Å². The highest BCUT2D eigenvalue weighted by Gasteiger charge is 2.13. The molecule has 2 aromatic carbocycles. The van der Waals surface area contributed by atoms with Gasteiger partial charge in [0.2, 0.25) is 0 Å². The lowest BCUT2D eigenvalue weighted by Crippen LogP contribution is -2.30. The molecule has 29 heavy (non-hydrogen) atoms. The second kappa shape index (κ2) is 9.28. The van der Waals surface area contributed by atoms with Gasteiger partial charge < -0.3 is 19.1 Å². The minimum atomic E-state index is -0.576. The molecular weight excluding hydrogens is 370 g/mol. The van der Waals surface area contributed by atoms with Crippen LogP contribution in [0, 0.1) is 13.8 Å². The third kappa shape index (κ3) is 5.60. The van der Waals surface area contributed by atoms with Crippen LogP contribution in [0.25, 0.3) is 6.08 Å². The lowest BCUT2D eigenvalue weighted by atomic mass is 10.1. The molecule has 6 nitrogen and oxygen atoms in total. The van der Waals surface area contributed by atoms with Crippen LogP contribution < -0.4 is 9.47 Å². The van der Waals surface area contributed by atoms with E-state index in [9.17, 15) is 9.59 Å². The van der Waals surface area contributed by atoms with Gasteiger partial charge in [0.1, 0.15) is 13.2 Å². The van der Waals surface area contributed by atoms with Crippen LogP contribution in [0.1, 0.15) is 22.3 Å². The Balaban J connectivity index is 1.49. The summed E-state index contributed by atoms with van der Waals surface area (Å²) in [6.07, 6.45) is 2.91. The van der Waals surface area contributed by atoms with E-state index in [0.29, 0.717) is 31.3 Å². The number of nitrogens with zero attached hydrogens (tertiary/aromatic N) is 1. The van der Waals surface area contributed by atoms with Crippen molar-refractivity contribution < 1.29 is 23.8 Å². The highest BCUT2D eigenvalue weighted by Crippen LogP contribution is 2.31. The van der Waals surface area contributed by atoms with Crippen molar-refractivity contribution in [2.75, 3.05) is 26.9 Å². The summed E-state index contributed by atoms with van der Waals surface area (Å²) in [5.41, 5.74) is 4.16. The number of carbonyl (C=O) groups is 2. The molecule has 6 heteroatoms. The van der Waals surface area contributed by atoms with Crippen molar-refractivity contribution in [1.82, 2.24) is 4.90 Å². The quantitative estimate of drug-likeness (QED) is 0.555. The number of carbonyl (C=O) groups excluding carboxylic acids is 2. The molecule has 1 aliphatic heterocycles. The number of fused-ring (bicyclic) bond motifs is 1. The topological polar surface area (TPSA) is 65.1 Å². The first-order valence-corrected chi connectivity index (χ1v) is 9.47. The predicted molar refractivity (Wildman–Crippen MR) is 110 cm³/mol. The van der Waals surface area contributed by atoms with E-state index in [4.69, 9.17) is 14.2 Å². The van der Waals surface area contributed by atoms with Crippen molar-refractivity contribution in [2.24, 2.45) is 0 Å². The SMILES string of the molecule is Cc1ccc(CN(C)C(=O)COC(=O)/C=C/c2ccc3c(c2)OCCO3)c(C)c1. The Morgan fingerprint density at radius 2 is 1.83 bits per heavy atom. The fraction of sp³-hybridized carbons (Fsp3) is 0.304. The molecule has 0 aromatic heterocycles. The minimum absolute atomic E-state index is 0.258. The number of hydrogen-bond acceptors (Lipinski definition) is 5. The smallest absolute Gasteiger partial charge is 0.331 e. The van der Waals surface area contributed by atoms with Crippen molar-refractivity contribution >= 4 is 18.0 Å². The van der Waals surface area contributed by atoms with E-state index in [1.165, 1.54) is 11.6 Å². The number of likely N-dealkylation sites (N-methyl/N-ethyl adjacent to an activating group) is 1. The van der Waals surface area contributed by atoms with E-state index >= 15 is 0 Å². The molecule has 0 aliphatic carbocycles. The third-order valence-electron chi connectivity index (χ3n) is 4.65. The first-order valence-electron chi connectivity index (χ1n) is 9.47. The molecule has 0 saturated carbocycles. The molecule has 1 amide bonds. The highest BCUT2D eigenvalue weighted by atomic mass is 16.6. The van der Waals surface area contributed by atoms with Crippen LogP contribution in [0.3, 0.4) is 0 Å². The van der Waals surface area contributed by atoms with E-state index < -0.39 is 5.97 Å². The van der Waals surface area contributed by atoms with Gasteiger partial charge in [-0.1, -0.05) is 29.8 Å². The molecule has 0 N–H and O–H groups in total. The van der Waals surface area contributed by atoms with Gasteiger partial charge in [-0.05, 0) is 48.7 Å². The number of amides is 1. The zero-order valence-corrected chi connectivity index (χ0v) is 16.9. The summed E-state index contributed by atoms with van der Waals surface area (Å²) < 4.78 is 16.1. The Labute approximate surface area is 170 Å². The maximum atomic E-state index is 12.3. The molecule has 0 bridgehead atoms. The van der Waals surface area contributed by atoms with Gasteiger partial charge in [-0.25, -0.2) is 4.79 Å². The fourth-order valence-electron chi connectivity index (χ4n) is 2.99. The van der Waals surface area contributed by atoms with Crippen LogP contribution in [0.2, 0.25) is 0 Å². The largest absolute Gasteiger partial charge is 0.486 e.